The Balaban J connectivity index is 2.06. The summed E-state index contributed by atoms with van der Waals surface area (Å²) in [6, 6.07) is 7.76. The molecule has 0 saturated heterocycles. The molecule has 0 unspecified atom stereocenters. The number of nitrogens with zero attached hydrogens (tertiary/aromatic N) is 3. The van der Waals surface area contributed by atoms with E-state index in [1.165, 1.54) is 11.8 Å². The molecule has 0 spiro atoms. The lowest BCUT2D eigenvalue weighted by atomic mass is 10.2. The van der Waals surface area contributed by atoms with Gasteiger partial charge in [0.1, 0.15) is 11.6 Å². The summed E-state index contributed by atoms with van der Waals surface area (Å²) in [7, 11) is 0. The molecule has 0 aliphatic carbocycles. The van der Waals surface area contributed by atoms with Gasteiger partial charge in [-0.2, -0.15) is 0 Å². The van der Waals surface area contributed by atoms with Crippen LogP contribution in [0.15, 0.2) is 29.4 Å². The zero-order valence-corrected chi connectivity index (χ0v) is 15.4. The average Bonchev–Trinajstić information content (AvgIpc) is 2.93. The van der Waals surface area contributed by atoms with Crippen molar-refractivity contribution in [1.29, 1.82) is 0 Å². The van der Waals surface area contributed by atoms with Gasteiger partial charge in [-0.3, -0.25) is 9.36 Å². The van der Waals surface area contributed by atoms with E-state index in [9.17, 15) is 4.79 Å². The molecule has 1 amide bonds. The second-order valence-electron chi connectivity index (χ2n) is 5.78. The first kappa shape index (κ1) is 18.3. The second-order valence-corrected chi connectivity index (χ2v) is 6.72. The van der Waals surface area contributed by atoms with Gasteiger partial charge in [0, 0.05) is 12.2 Å². The number of hydrogen-bond donors (Lipinski definition) is 1. The molecule has 0 aliphatic heterocycles. The highest BCUT2D eigenvalue weighted by Crippen LogP contribution is 2.23. The normalized spacial score (nSPS) is 10.9. The summed E-state index contributed by atoms with van der Waals surface area (Å²) in [5.41, 5.74) is 0.950. The van der Waals surface area contributed by atoms with Crippen molar-refractivity contribution in [1.82, 2.24) is 20.1 Å². The molecule has 0 bridgehead atoms. The van der Waals surface area contributed by atoms with Gasteiger partial charge in [0.15, 0.2) is 5.16 Å². The predicted molar refractivity (Wildman–Crippen MR) is 95.8 cm³/mol. The lowest BCUT2D eigenvalue weighted by Crippen LogP contribution is -2.28. The van der Waals surface area contributed by atoms with Crippen molar-refractivity contribution in [3.05, 3.63) is 30.1 Å². The maximum atomic E-state index is 11.9. The quantitative estimate of drug-likeness (QED) is 0.743. The molecule has 24 heavy (non-hydrogen) atoms. The number of carbonyl (C=O) groups excluding carboxylic acids is 1. The van der Waals surface area contributed by atoms with E-state index >= 15 is 0 Å². The van der Waals surface area contributed by atoms with Gasteiger partial charge >= 0.3 is 0 Å². The van der Waals surface area contributed by atoms with E-state index in [-0.39, 0.29) is 5.91 Å². The molecule has 1 N–H and O–H groups in total. The Labute approximate surface area is 147 Å². The van der Waals surface area contributed by atoms with Gasteiger partial charge in [-0.05, 0) is 44.0 Å². The van der Waals surface area contributed by atoms with Crippen LogP contribution in [-0.4, -0.2) is 39.6 Å². The van der Waals surface area contributed by atoms with E-state index in [4.69, 9.17) is 4.74 Å². The first-order chi connectivity index (χ1) is 11.5. The highest BCUT2D eigenvalue weighted by atomic mass is 32.2. The van der Waals surface area contributed by atoms with Crippen molar-refractivity contribution in [2.24, 2.45) is 5.92 Å². The molecule has 0 aliphatic rings. The third-order valence-corrected chi connectivity index (χ3v) is 4.17. The van der Waals surface area contributed by atoms with Crippen LogP contribution in [0, 0.1) is 12.8 Å². The van der Waals surface area contributed by atoms with Crippen LogP contribution < -0.4 is 10.1 Å². The number of benzene rings is 1. The summed E-state index contributed by atoms with van der Waals surface area (Å²) in [5.74, 6) is 2.38. The number of hydrogen-bond acceptors (Lipinski definition) is 5. The third kappa shape index (κ3) is 4.99. The first-order valence-corrected chi connectivity index (χ1v) is 9.04. The Morgan fingerprint density at radius 1 is 1.29 bits per heavy atom. The van der Waals surface area contributed by atoms with Crippen LogP contribution in [-0.2, 0) is 4.79 Å². The highest BCUT2D eigenvalue weighted by molar-refractivity contribution is 7.99. The maximum absolute atomic E-state index is 11.9. The van der Waals surface area contributed by atoms with E-state index in [1.807, 2.05) is 42.7 Å². The number of nitrogens with one attached hydrogen (secondary N) is 1. The van der Waals surface area contributed by atoms with Gasteiger partial charge in [-0.15, -0.1) is 10.2 Å². The van der Waals surface area contributed by atoms with Gasteiger partial charge in [0.2, 0.25) is 5.91 Å². The molecule has 2 aromatic rings. The summed E-state index contributed by atoms with van der Waals surface area (Å²) >= 11 is 1.38. The van der Waals surface area contributed by atoms with Crippen LogP contribution in [0.4, 0.5) is 0 Å². The van der Waals surface area contributed by atoms with Crippen molar-refractivity contribution < 1.29 is 9.53 Å². The largest absolute Gasteiger partial charge is 0.494 e. The zero-order chi connectivity index (χ0) is 17.5. The Morgan fingerprint density at radius 3 is 2.62 bits per heavy atom. The van der Waals surface area contributed by atoms with E-state index < -0.39 is 0 Å². The highest BCUT2D eigenvalue weighted by Gasteiger charge is 2.13. The Bertz CT molecular complexity index is 668. The molecule has 0 fully saturated rings. The van der Waals surface area contributed by atoms with Crippen LogP contribution in [0.1, 0.15) is 26.6 Å². The monoisotopic (exact) mass is 348 g/mol. The van der Waals surface area contributed by atoms with Crippen molar-refractivity contribution in [3.63, 3.8) is 0 Å². The lowest BCUT2D eigenvalue weighted by Gasteiger charge is -2.10. The number of amides is 1. The van der Waals surface area contributed by atoms with Crippen LogP contribution in [0.25, 0.3) is 5.69 Å². The van der Waals surface area contributed by atoms with Crippen molar-refractivity contribution in [2.75, 3.05) is 18.9 Å². The molecule has 1 aromatic carbocycles. The molecule has 130 valence electrons. The fourth-order valence-corrected chi connectivity index (χ4v) is 2.92. The summed E-state index contributed by atoms with van der Waals surface area (Å²) in [6.07, 6.45) is 0. The number of carbonyl (C=O) groups is 1. The minimum atomic E-state index is 0.00703. The fraction of sp³-hybridized carbons (Fsp3) is 0.471. The van der Waals surface area contributed by atoms with E-state index in [0.717, 1.165) is 17.3 Å². The molecule has 1 heterocycles. The first-order valence-electron chi connectivity index (χ1n) is 8.06. The van der Waals surface area contributed by atoms with Gasteiger partial charge in [0.05, 0.1) is 12.4 Å². The van der Waals surface area contributed by atoms with Gasteiger partial charge in [0.25, 0.3) is 0 Å². The number of rotatable bonds is 8. The number of aryl methyl sites for hydroxylation is 1. The maximum Gasteiger partial charge on any atom is 0.230 e. The standard InChI is InChI=1S/C17H24N4O2S/c1-5-23-15-8-6-14(7-9-15)21-13(4)19-20-17(21)24-11-16(22)18-10-12(2)3/h6-9,12H,5,10-11H2,1-4H3,(H,18,22). The fourth-order valence-electron chi connectivity index (χ4n) is 2.09. The minimum absolute atomic E-state index is 0.00703. The van der Waals surface area contributed by atoms with E-state index in [2.05, 4.69) is 29.4 Å². The molecular weight excluding hydrogens is 324 g/mol. The Morgan fingerprint density at radius 2 is 2.00 bits per heavy atom. The van der Waals surface area contributed by atoms with Crippen LogP contribution in [0.3, 0.4) is 0 Å². The molecule has 2 rings (SSSR count). The zero-order valence-electron chi connectivity index (χ0n) is 14.6. The summed E-state index contributed by atoms with van der Waals surface area (Å²) in [4.78, 5) is 11.9. The molecule has 0 saturated carbocycles. The molecule has 0 atom stereocenters. The Hall–Kier alpha value is -2.02. The topological polar surface area (TPSA) is 69.0 Å². The van der Waals surface area contributed by atoms with Crippen molar-refractivity contribution in [2.45, 2.75) is 32.9 Å². The minimum Gasteiger partial charge on any atom is -0.494 e. The van der Waals surface area contributed by atoms with Gasteiger partial charge in [-0.1, -0.05) is 25.6 Å². The van der Waals surface area contributed by atoms with Gasteiger partial charge in [-0.25, -0.2) is 0 Å². The Kier molecular flexibility index (Phi) is 6.66. The number of aromatic nitrogens is 3. The summed E-state index contributed by atoms with van der Waals surface area (Å²) in [5, 5.41) is 11.9. The summed E-state index contributed by atoms with van der Waals surface area (Å²) in [6.45, 7) is 9.31. The van der Waals surface area contributed by atoms with Crippen LogP contribution in [0.2, 0.25) is 0 Å². The molecule has 7 heteroatoms. The third-order valence-electron chi connectivity index (χ3n) is 3.24. The average molecular weight is 348 g/mol. The molecule has 1 aromatic heterocycles. The molecular formula is C17H24N4O2S. The van der Waals surface area contributed by atoms with Crippen molar-refractivity contribution in [3.8, 4) is 11.4 Å². The molecule has 0 radical (unpaired) electrons. The van der Waals surface area contributed by atoms with Gasteiger partial charge < -0.3 is 10.1 Å². The molecule has 6 nitrogen and oxygen atoms in total. The predicted octanol–water partition coefficient (Wildman–Crippen LogP) is 2.84. The SMILES string of the molecule is CCOc1ccc(-n2c(C)nnc2SCC(=O)NCC(C)C)cc1. The van der Waals surface area contributed by atoms with E-state index in [0.29, 0.717) is 30.0 Å². The smallest absolute Gasteiger partial charge is 0.230 e. The van der Waals surface area contributed by atoms with Crippen LogP contribution in [0.5, 0.6) is 5.75 Å². The van der Waals surface area contributed by atoms with Crippen LogP contribution >= 0.6 is 11.8 Å². The number of ether oxygens (including phenoxy) is 1. The summed E-state index contributed by atoms with van der Waals surface area (Å²) < 4.78 is 7.41. The number of thioether (sulfide) groups is 1. The van der Waals surface area contributed by atoms with Crippen molar-refractivity contribution >= 4 is 17.7 Å². The second kappa shape index (κ2) is 8.73. The van der Waals surface area contributed by atoms with E-state index in [1.54, 1.807) is 0 Å². The lowest BCUT2D eigenvalue weighted by molar-refractivity contribution is -0.118.